The lowest BCUT2D eigenvalue weighted by Crippen LogP contribution is -2.41. The zero-order valence-electron chi connectivity index (χ0n) is 14.5. The van der Waals surface area contributed by atoms with Crippen LogP contribution in [0.4, 0.5) is 9.59 Å². The SMILES string of the molecule is CC(C)(C)OC(=O)NC(/C=N/N1CC(=O)NC1=O)Cc1ccccc1. The van der Waals surface area contributed by atoms with Crippen molar-refractivity contribution in [3.05, 3.63) is 35.9 Å². The Morgan fingerprint density at radius 2 is 2.04 bits per heavy atom. The number of carbonyl (C=O) groups excluding carboxylic acids is 3. The first-order chi connectivity index (χ1) is 11.7. The van der Waals surface area contributed by atoms with Crippen molar-refractivity contribution in [3.8, 4) is 0 Å². The van der Waals surface area contributed by atoms with Gasteiger partial charge in [0.2, 0.25) is 5.91 Å². The third-order valence-corrected chi connectivity index (χ3v) is 3.16. The molecule has 0 radical (unpaired) electrons. The van der Waals surface area contributed by atoms with Gasteiger partial charge in [-0.05, 0) is 32.8 Å². The first-order valence-corrected chi connectivity index (χ1v) is 7.92. The monoisotopic (exact) mass is 346 g/mol. The van der Waals surface area contributed by atoms with Gasteiger partial charge in [-0.25, -0.2) is 14.6 Å². The van der Waals surface area contributed by atoms with E-state index in [4.69, 9.17) is 4.74 Å². The fourth-order valence-corrected chi connectivity index (χ4v) is 2.15. The highest BCUT2D eigenvalue weighted by atomic mass is 16.6. The Balaban J connectivity index is 2.07. The minimum Gasteiger partial charge on any atom is -0.444 e. The van der Waals surface area contributed by atoms with E-state index in [2.05, 4.69) is 15.7 Å². The van der Waals surface area contributed by atoms with Gasteiger partial charge in [0.05, 0.1) is 6.04 Å². The predicted octanol–water partition coefficient (Wildman–Crippen LogP) is 1.66. The Morgan fingerprint density at radius 1 is 1.36 bits per heavy atom. The molecule has 0 aliphatic carbocycles. The normalized spacial score (nSPS) is 16.0. The number of urea groups is 1. The molecule has 1 heterocycles. The lowest BCUT2D eigenvalue weighted by Gasteiger charge is -2.22. The topological polar surface area (TPSA) is 100 Å². The van der Waals surface area contributed by atoms with Gasteiger partial charge in [0, 0.05) is 6.21 Å². The highest BCUT2D eigenvalue weighted by Crippen LogP contribution is 2.08. The molecular formula is C17H22N4O4. The standard InChI is InChI=1S/C17H22N4O4/c1-17(2,3)25-16(24)19-13(9-12-7-5-4-6-8-12)10-18-21-11-14(22)20-15(21)23/h4-8,10,13H,9,11H2,1-3H3,(H,19,24)(H,20,22,23)/b18-10+. The van der Waals surface area contributed by atoms with Crippen molar-refractivity contribution in [1.82, 2.24) is 15.6 Å². The maximum absolute atomic E-state index is 12.0. The van der Waals surface area contributed by atoms with Gasteiger partial charge >= 0.3 is 12.1 Å². The molecule has 2 N–H and O–H groups in total. The van der Waals surface area contributed by atoms with Crippen LogP contribution in [0.2, 0.25) is 0 Å². The fourth-order valence-electron chi connectivity index (χ4n) is 2.15. The number of hydrazone groups is 1. The Kier molecular flexibility index (Phi) is 5.74. The number of alkyl carbamates (subject to hydrolysis) is 1. The first-order valence-electron chi connectivity index (χ1n) is 7.92. The first kappa shape index (κ1) is 18.4. The van der Waals surface area contributed by atoms with E-state index >= 15 is 0 Å². The minimum absolute atomic E-state index is 0.139. The van der Waals surface area contributed by atoms with Crippen LogP contribution in [-0.2, 0) is 16.0 Å². The lowest BCUT2D eigenvalue weighted by atomic mass is 10.1. The maximum atomic E-state index is 12.0. The molecule has 1 unspecified atom stereocenters. The molecular weight excluding hydrogens is 324 g/mol. The Morgan fingerprint density at radius 3 is 2.60 bits per heavy atom. The third-order valence-electron chi connectivity index (χ3n) is 3.16. The summed E-state index contributed by atoms with van der Waals surface area (Å²) in [5, 5.41) is 9.87. The molecule has 2 rings (SSSR count). The van der Waals surface area contributed by atoms with Gasteiger partial charge in [-0.2, -0.15) is 5.10 Å². The summed E-state index contributed by atoms with van der Waals surface area (Å²) in [5.74, 6) is -0.415. The summed E-state index contributed by atoms with van der Waals surface area (Å²) in [6.45, 7) is 5.17. The number of amides is 4. The molecule has 1 aliphatic heterocycles. The molecule has 8 nitrogen and oxygen atoms in total. The molecule has 0 saturated carbocycles. The molecule has 8 heteroatoms. The summed E-state index contributed by atoms with van der Waals surface area (Å²) < 4.78 is 5.26. The van der Waals surface area contributed by atoms with Gasteiger partial charge in [0.15, 0.2) is 0 Å². The lowest BCUT2D eigenvalue weighted by molar-refractivity contribution is -0.118. The molecule has 1 fully saturated rings. The van der Waals surface area contributed by atoms with Crippen molar-refractivity contribution >= 4 is 24.2 Å². The van der Waals surface area contributed by atoms with Gasteiger partial charge in [0.25, 0.3) is 0 Å². The second-order valence-corrected chi connectivity index (χ2v) is 6.62. The number of hydrogen-bond donors (Lipinski definition) is 2. The van der Waals surface area contributed by atoms with Crippen molar-refractivity contribution in [2.24, 2.45) is 5.10 Å². The quantitative estimate of drug-likeness (QED) is 0.625. The van der Waals surface area contributed by atoms with E-state index < -0.39 is 29.7 Å². The molecule has 0 aromatic heterocycles. The molecule has 0 spiro atoms. The summed E-state index contributed by atoms with van der Waals surface area (Å²) in [5.41, 5.74) is 0.358. The zero-order chi connectivity index (χ0) is 18.4. The summed E-state index contributed by atoms with van der Waals surface area (Å²) in [6.07, 6.45) is 1.31. The molecule has 25 heavy (non-hydrogen) atoms. The van der Waals surface area contributed by atoms with E-state index in [1.54, 1.807) is 20.8 Å². The number of rotatable bonds is 5. The van der Waals surface area contributed by atoms with E-state index in [9.17, 15) is 14.4 Å². The van der Waals surface area contributed by atoms with Crippen LogP contribution in [0.25, 0.3) is 0 Å². The van der Waals surface area contributed by atoms with Gasteiger partial charge in [-0.3, -0.25) is 10.1 Å². The summed E-state index contributed by atoms with van der Waals surface area (Å²) >= 11 is 0. The van der Waals surface area contributed by atoms with Crippen molar-refractivity contribution in [2.45, 2.75) is 38.8 Å². The number of hydrogen-bond acceptors (Lipinski definition) is 5. The van der Waals surface area contributed by atoms with Crippen molar-refractivity contribution < 1.29 is 19.1 Å². The van der Waals surface area contributed by atoms with Crippen LogP contribution < -0.4 is 10.6 Å². The second kappa shape index (κ2) is 7.78. The van der Waals surface area contributed by atoms with Crippen LogP contribution in [0.1, 0.15) is 26.3 Å². The largest absolute Gasteiger partial charge is 0.444 e. The zero-order valence-corrected chi connectivity index (χ0v) is 14.5. The van der Waals surface area contributed by atoms with Crippen LogP contribution >= 0.6 is 0 Å². The van der Waals surface area contributed by atoms with Gasteiger partial charge < -0.3 is 10.1 Å². The van der Waals surface area contributed by atoms with E-state index in [0.29, 0.717) is 6.42 Å². The van der Waals surface area contributed by atoms with Crippen LogP contribution in [0.3, 0.4) is 0 Å². The van der Waals surface area contributed by atoms with Crippen LogP contribution in [0, 0.1) is 0 Å². The fraction of sp³-hybridized carbons (Fsp3) is 0.412. The summed E-state index contributed by atoms with van der Waals surface area (Å²) in [7, 11) is 0. The highest BCUT2D eigenvalue weighted by Gasteiger charge is 2.26. The minimum atomic E-state index is -0.625. The Bertz CT molecular complexity index is 667. The molecule has 4 amide bonds. The molecule has 1 atom stereocenters. The molecule has 1 aromatic carbocycles. The number of ether oxygens (including phenoxy) is 1. The smallest absolute Gasteiger partial charge is 0.408 e. The van der Waals surface area contributed by atoms with Gasteiger partial charge in [0.1, 0.15) is 12.1 Å². The predicted molar refractivity (Wildman–Crippen MR) is 92.0 cm³/mol. The molecule has 1 aliphatic rings. The third kappa shape index (κ3) is 6.25. The highest BCUT2D eigenvalue weighted by molar-refractivity contribution is 6.02. The molecule has 0 bridgehead atoms. The van der Waals surface area contributed by atoms with Gasteiger partial charge in [-0.1, -0.05) is 30.3 Å². The molecule has 134 valence electrons. The Hall–Kier alpha value is -2.90. The Labute approximate surface area is 146 Å². The van der Waals surface area contributed by atoms with Crippen molar-refractivity contribution in [2.75, 3.05) is 6.54 Å². The van der Waals surface area contributed by atoms with E-state index in [1.165, 1.54) is 6.21 Å². The number of nitrogens with one attached hydrogen (secondary N) is 2. The van der Waals surface area contributed by atoms with Crippen molar-refractivity contribution in [3.63, 3.8) is 0 Å². The van der Waals surface area contributed by atoms with Crippen LogP contribution in [0.5, 0.6) is 0 Å². The van der Waals surface area contributed by atoms with Crippen LogP contribution in [-0.4, -0.2) is 47.4 Å². The summed E-state index contributed by atoms with van der Waals surface area (Å²) in [4.78, 5) is 34.8. The van der Waals surface area contributed by atoms with E-state index in [-0.39, 0.29) is 6.54 Å². The number of carbonyl (C=O) groups is 3. The van der Waals surface area contributed by atoms with Crippen LogP contribution in [0.15, 0.2) is 35.4 Å². The average Bonchev–Trinajstić information content (AvgIpc) is 2.82. The second-order valence-electron chi connectivity index (χ2n) is 6.62. The molecule has 1 saturated heterocycles. The average molecular weight is 346 g/mol. The number of imide groups is 1. The molecule has 1 aromatic rings. The number of benzene rings is 1. The maximum Gasteiger partial charge on any atom is 0.408 e. The van der Waals surface area contributed by atoms with Gasteiger partial charge in [-0.15, -0.1) is 0 Å². The number of nitrogens with zero attached hydrogens (tertiary/aromatic N) is 2. The van der Waals surface area contributed by atoms with Crippen molar-refractivity contribution in [1.29, 1.82) is 0 Å². The van der Waals surface area contributed by atoms with E-state index in [0.717, 1.165) is 10.6 Å². The summed E-state index contributed by atoms with van der Waals surface area (Å²) in [6, 6.07) is 8.44. The van der Waals surface area contributed by atoms with E-state index in [1.807, 2.05) is 30.3 Å².